The van der Waals surface area contributed by atoms with E-state index in [4.69, 9.17) is 15.2 Å². The second kappa shape index (κ2) is 6.72. The van der Waals surface area contributed by atoms with Crippen LogP contribution in [0.3, 0.4) is 0 Å². The Hall–Kier alpha value is -1.59. The van der Waals surface area contributed by atoms with Gasteiger partial charge in [-0.2, -0.15) is 0 Å². The zero-order valence-corrected chi connectivity index (χ0v) is 13.1. The maximum atomic E-state index is 5.80. The summed E-state index contributed by atoms with van der Waals surface area (Å²) in [6.45, 7) is 4.95. The Bertz CT molecular complexity index is 602. The minimum atomic E-state index is 0.468. The summed E-state index contributed by atoms with van der Waals surface area (Å²) in [7, 11) is 0. The number of aryl methyl sites for hydroxylation is 1. The Labute approximate surface area is 127 Å². The molecule has 1 heterocycles. The molecule has 0 fully saturated rings. The minimum absolute atomic E-state index is 0.468. The highest BCUT2D eigenvalue weighted by atomic mass is 79.9. The molecular formula is C15H17BrN2O2. The predicted molar refractivity (Wildman–Crippen MR) is 82.3 cm³/mol. The van der Waals surface area contributed by atoms with Gasteiger partial charge in [-0.25, -0.2) is 4.98 Å². The molecule has 5 heteroatoms. The second-order valence-corrected chi connectivity index (χ2v) is 5.15. The van der Waals surface area contributed by atoms with Gasteiger partial charge in [-0.05, 0) is 53.0 Å². The summed E-state index contributed by atoms with van der Waals surface area (Å²) in [5.74, 6) is 1.85. The van der Waals surface area contributed by atoms with Gasteiger partial charge in [0, 0.05) is 23.3 Å². The molecule has 0 aliphatic carbocycles. The lowest BCUT2D eigenvalue weighted by Crippen LogP contribution is -2.00. The van der Waals surface area contributed by atoms with E-state index in [1.165, 1.54) is 0 Å². The van der Waals surface area contributed by atoms with Crippen molar-refractivity contribution in [2.75, 3.05) is 6.61 Å². The minimum Gasteiger partial charge on any atom is -0.490 e. The highest BCUT2D eigenvalue weighted by Crippen LogP contribution is 2.32. The summed E-state index contributed by atoms with van der Waals surface area (Å²) in [5, 5.41) is 0. The number of hydrogen-bond acceptors (Lipinski definition) is 4. The number of pyridine rings is 1. The van der Waals surface area contributed by atoms with Crippen molar-refractivity contribution in [1.82, 2.24) is 4.98 Å². The molecule has 2 aromatic rings. The molecule has 106 valence electrons. The smallest absolute Gasteiger partial charge is 0.219 e. The van der Waals surface area contributed by atoms with E-state index >= 15 is 0 Å². The first kappa shape index (κ1) is 14.8. The van der Waals surface area contributed by atoms with Gasteiger partial charge in [-0.3, -0.25) is 0 Å². The fourth-order valence-corrected chi connectivity index (χ4v) is 1.93. The number of rotatable bonds is 5. The van der Waals surface area contributed by atoms with Gasteiger partial charge in [0.1, 0.15) is 0 Å². The topological polar surface area (TPSA) is 57.4 Å². The van der Waals surface area contributed by atoms with Gasteiger partial charge >= 0.3 is 0 Å². The van der Waals surface area contributed by atoms with E-state index in [0.29, 0.717) is 30.5 Å². The third kappa shape index (κ3) is 3.49. The zero-order chi connectivity index (χ0) is 14.5. The summed E-state index contributed by atoms with van der Waals surface area (Å²) in [5.41, 5.74) is 7.70. The number of nitrogens with zero attached hydrogens (tertiary/aromatic N) is 1. The highest BCUT2D eigenvalue weighted by Gasteiger charge is 2.09. The summed E-state index contributed by atoms with van der Waals surface area (Å²) in [6, 6.07) is 7.54. The fourth-order valence-electron chi connectivity index (χ4n) is 1.71. The Morgan fingerprint density at radius 3 is 2.70 bits per heavy atom. The molecule has 1 aromatic heterocycles. The van der Waals surface area contributed by atoms with Crippen LogP contribution in [0.25, 0.3) is 0 Å². The first-order valence-electron chi connectivity index (χ1n) is 6.39. The SMILES string of the molecule is CCOc1cc(CN)ccc1Oc1cc(C)c(Br)cn1. The van der Waals surface area contributed by atoms with Crippen molar-refractivity contribution in [3.63, 3.8) is 0 Å². The van der Waals surface area contributed by atoms with Gasteiger partial charge in [-0.15, -0.1) is 0 Å². The van der Waals surface area contributed by atoms with E-state index < -0.39 is 0 Å². The summed E-state index contributed by atoms with van der Waals surface area (Å²) < 4.78 is 12.3. The Morgan fingerprint density at radius 2 is 2.05 bits per heavy atom. The Balaban J connectivity index is 2.29. The second-order valence-electron chi connectivity index (χ2n) is 4.29. The molecule has 20 heavy (non-hydrogen) atoms. The Morgan fingerprint density at radius 1 is 1.25 bits per heavy atom. The maximum Gasteiger partial charge on any atom is 0.219 e. The fraction of sp³-hybridized carbons (Fsp3) is 0.267. The molecule has 0 unspecified atom stereocenters. The quantitative estimate of drug-likeness (QED) is 0.902. The number of hydrogen-bond donors (Lipinski definition) is 1. The monoisotopic (exact) mass is 336 g/mol. The molecule has 0 saturated carbocycles. The lowest BCUT2D eigenvalue weighted by molar-refractivity contribution is 0.319. The van der Waals surface area contributed by atoms with Crippen molar-refractivity contribution in [2.45, 2.75) is 20.4 Å². The molecule has 0 atom stereocenters. The van der Waals surface area contributed by atoms with Crippen molar-refractivity contribution >= 4 is 15.9 Å². The molecule has 0 amide bonds. The molecule has 0 aliphatic rings. The van der Waals surface area contributed by atoms with Crippen LogP contribution >= 0.6 is 15.9 Å². The van der Waals surface area contributed by atoms with E-state index in [9.17, 15) is 0 Å². The van der Waals surface area contributed by atoms with Crippen molar-refractivity contribution < 1.29 is 9.47 Å². The summed E-state index contributed by atoms with van der Waals surface area (Å²) in [6.07, 6.45) is 1.72. The largest absolute Gasteiger partial charge is 0.490 e. The average Bonchev–Trinajstić information content (AvgIpc) is 2.45. The third-order valence-corrected chi connectivity index (χ3v) is 3.61. The molecular weight excluding hydrogens is 320 g/mol. The number of halogens is 1. The predicted octanol–water partition coefficient (Wildman–Crippen LogP) is 3.80. The van der Waals surface area contributed by atoms with Gasteiger partial charge in [-0.1, -0.05) is 6.07 Å². The van der Waals surface area contributed by atoms with Gasteiger partial charge < -0.3 is 15.2 Å². The first-order valence-corrected chi connectivity index (χ1v) is 7.19. The number of ether oxygens (including phenoxy) is 2. The van der Waals surface area contributed by atoms with Gasteiger partial charge in [0.25, 0.3) is 0 Å². The first-order chi connectivity index (χ1) is 9.63. The number of nitrogens with two attached hydrogens (primary N) is 1. The molecule has 0 bridgehead atoms. The van der Waals surface area contributed by atoms with Crippen LogP contribution < -0.4 is 15.2 Å². The van der Waals surface area contributed by atoms with Crippen LogP contribution in [0.5, 0.6) is 17.4 Å². The van der Waals surface area contributed by atoms with Crippen LogP contribution in [0, 0.1) is 6.92 Å². The highest BCUT2D eigenvalue weighted by molar-refractivity contribution is 9.10. The average molecular weight is 337 g/mol. The lowest BCUT2D eigenvalue weighted by Gasteiger charge is -2.12. The molecule has 2 rings (SSSR count). The van der Waals surface area contributed by atoms with E-state index in [2.05, 4.69) is 20.9 Å². The van der Waals surface area contributed by atoms with Gasteiger partial charge in [0.2, 0.25) is 5.88 Å². The molecule has 2 N–H and O–H groups in total. The van der Waals surface area contributed by atoms with Crippen molar-refractivity contribution in [2.24, 2.45) is 5.73 Å². The Kier molecular flexibility index (Phi) is 4.98. The van der Waals surface area contributed by atoms with E-state index in [1.54, 1.807) is 6.20 Å². The van der Waals surface area contributed by atoms with Crippen LogP contribution in [0.4, 0.5) is 0 Å². The number of aromatic nitrogens is 1. The van der Waals surface area contributed by atoms with E-state index in [-0.39, 0.29) is 0 Å². The van der Waals surface area contributed by atoms with Crippen molar-refractivity contribution in [3.8, 4) is 17.4 Å². The summed E-state index contributed by atoms with van der Waals surface area (Å²) in [4.78, 5) is 4.23. The zero-order valence-electron chi connectivity index (χ0n) is 11.5. The standard InChI is InChI=1S/C15H17BrN2O2/c1-3-19-14-7-11(8-17)4-5-13(14)20-15-6-10(2)12(16)9-18-15/h4-7,9H,3,8,17H2,1-2H3. The molecule has 1 aromatic carbocycles. The normalized spacial score (nSPS) is 10.4. The van der Waals surface area contributed by atoms with Crippen LogP contribution in [0.2, 0.25) is 0 Å². The maximum absolute atomic E-state index is 5.80. The summed E-state index contributed by atoms with van der Waals surface area (Å²) >= 11 is 3.42. The molecule has 0 spiro atoms. The molecule has 0 aliphatic heterocycles. The van der Waals surface area contributed by atoms with Crippen LogP contribution in [-0.4, -0.2) is 11.6 Å². The molecule has 4 nitrogen and oxygen atoms in total. The molecule has 0 saturated heterocycles. The van der Waals surface area contributed by atoms with Crippen molar-refractivity contribution in [3.05, 3.63) is 46.1 Å². The van der Waals surface area contributed by atoms with Crippen LogP contribution in [-0.2, 0) is 6.54 Å². The van der Waals surface area contributed by atoms with Crippen LogP contribution in [0.1, 0.15) is 18.1 Å². The van der Waals surface area contributed by atoms with Gasteiger partial charge in [0.15, 0.2) is 11.5 Å². The van der Waals surface area contributed by atoms with Crippen molar-refractivity contribution in [1.29, 1.82) is 0 Å². The lowest BCUT2D eigenvalue weighted by atomic mass is 10.2. The van der Waals surface area contributed by atoms with E-state index in [1.807, 2.05) is 38.1 Å². The number of benzene rings is 1. The van der Waals surface area contributed by atoms with Gasteiger partial charge in [0.05, 0.1) is 6.61 Å². The van der Waals surface area contributed by atoms with E-state index in [0.717, 1.165) is 15.6 Å². The third-order valence-electron chi connectivity index (χ3n) is 2.78. The molecule has 0 radical (unpaired) electrons. The van der Waals surface area contributed by atoms with Crippen LogP contribution in [0.15, 0.2) is 34.9 Å².